The molecule has 2 aliphatic heterocycles. The lowest BCUT2D eigenvalue weighted by Crippen LogP contribution is -2.30. The second-order valence-electron chi connectivity index (χ2n) is 13.7. The van der Waals surface area contributed by atoms with Gasteiger partial charge in [-0.2, -0.15) is 5.26 Å². The lowest BCUT2D eigenvalue weighted by Gasteiger charge is -2.18. The number of furan rings is 1. The predicted octanol–water partition coefficient (Wildman–Crippen LogP) is 5.58. The Morgan fingerprint density at radius 3 is 2.37 bits per heavy atom. The van der Waals surface area contributed by atoms with Gasteiger partial charge in [-0.05, 0) is 67.6 Å². The van der Waals surface area contributed by atoms with Gasteiger partial charge in [0.05, 0.1) is 30.2 Å². The molecule has 0 amide bonds. The number of rotatable bonds is 10. The van der Waals surface area contributed by atoms with Crippen molar-refractivity contribution in [3.8, 4) is 45.7 Å². The first-order chi connectivity index (χ1) is 24.6. The minimum Gasteiger partial charge on any atom is -0.481 e. The number of pyridine rings is 2. The van der Waals surface area contributed by atoms with Gasteiger partial charge in [-0.15, -0.1) is 0 Å². The molecule has 11 heteroatoms. The quantitative estimate of drug-likeness (QED) is 0.171. The number of nitrogens with zero attached hydrogens (tertiary/aromatic N) is 5. The monoisotopic (exact) mass is 686 g/mol. The van der Waals surface area contributed by atoms with Crippen LogP contribution in [0.1, 0.15) is 35.1 Å². The molecule has 11 nitrogen and oxygen atoms in total. The average molecular weight is 687 g/mol. The number of β-amino-alcohol motifs (C(OH)–C–C–N with tert-alkyl or cyclic N) is 1. The minimum absolute atomic E-state index is 0.248. The van der Waals surface area contributed by atoms with Crippen molar-refractivity contribution >= 4 is 16.9 Å². The zero-order valence-corrected chi connectivity index (χ0v) is 29.1. The number of fused-ring (bicyclic) bond motifs is 1. The Labute approximate surface area is 296 Å². The molecule has 2 atom stereocenters. The molecule has 2 aromatic carbocycles. The lowest BCUT2D eigenvalue weighted by molar-refractivity contribution is -0.141. The van der Waals surface area contributed by atoms with E-state index in [0.29, 0.717) is 73.9 Å². The van der Waals surface area contributed by atoms with E-state index in [1.54, 1.807) is 17.9 Å². The highest BCUT2D eigenvalue weighted by Gasteiger charge is 2.28. The zero-order valence-electron chi connectivity index (χ0n) is 29.1. The van der Waals surface area contributed by atoms with Crippen LogP contribution < -0.4 is 10.2 Å². The number of hydrogen-bond acceptors (Lipinski definition) is 9. The number of carboxylic acids is 1. The van der Waals surface area contributed by atoms with Crippen LogP contribution in [-0.2, 0) is 17.9 Å². The van der Waals surface area contributed by atoms with Crippen LogP contribution in [0.25, 0.3) is 44.7 Å². The number of methoxy groups -OCH3 is 1. The van der Waals surface area contributed by atoms with Crippen LogP contribution in [0.15, 0.2) is 65.2 Å². The molecule has 2 fully saturated rings. The Morgan fingerprint density at radius 2 is 1.71 bits per heavy atom. The summed E-state index contributed by atoms with van der Waals surface area (Å²) in [6.07, 6.45) is 2.77. The summed E-state index contributed by atoms with van der Waals surface area (Å²) in [4.78, 5) is 20.6. The van der Waals surface area contributed by atoms with Crippen molar-refractivity contribution in [2.75, 3.05) is 39.8 Å². The Bertz CT molecular complexity index is 2230. The standard InChI is InChI=1S/C40H42N6O5/c1-24-30(6-4-8-32(24)35-11-10-26(39(43-35)50-3)20-45-15-13-29(47)23-45)31-7-5-9-33(25(31)2)36-18-34-37(51-36)28(19-41)22-46(38(34)42)17-16-44-14-12-27(21-44)40(48)49/h4-11,18,22,27,29,42,47H,12-17,20-21,23H2,1-3H3,(H,48,49)/t27-,29-/m1/s1. The molecule has 5 aromatic rings. The van der Waals surface area contributed by atoms with Crippen LogP contribution in [-0.4, -0.2) is 81.5 Å². The molecule has 262 valence electrons. The molecule has 0 bridgehead atoms. The van der Waals surface area contributed by atoms with Gasteiger partial charge in [0.15, 0.2) is 5.58 Å². The van der Waals surface area contributed by atoms with Gasteiger partial charge in [0.2, 0.25) is 5.88 Å². The molecule has 0 spiro atoms. The Kier molecular flexibility index (Phi) is 9.48. The lowest BCUT2D eigenvalue weighted by atomic mass is 9.90. The normalized spacial score (nSPS) is 18.0. The molecule has 7 rings (SSSR count). The van der Waals surface area contributed by atoms with Crippen LogP contribution in [0.2, 0.25) is 0 Å². The Morgan fingerprint density at radius 1 is 1.00 bits per heavy atom. The van der Waals surface area contributed by atoms with Crippen molar-refractivity contribution in [1.82, 2.24) is 19.4 Å². The van der Waals surface area contributed by atoms with E-state index in [-0.39, 0.29) is 17.5 Å². The maximum absolute atomic E-state index is 11.4. The molecule has 2 saturated heterocycles. The van der Waals surface area contributed by atoms with Crippen molar-refractivity contribution in [3.63, 3.8) is 0 Å². The summed E-state index contributed by atoms with van der Waals surface area (Å²) in [5.74, 6) is 0.0260. The predicted molar refractivity (Wildman–Crippen MR) is 193 cm³/mol. The van der Waals surface area contributed by atoms with E-state index < -0.39 is 5.97 Å². The van der Waals surface area contributed by atoms with Crippen LogP contribution in [0, 0.1) is 36.5 Å². The summed E-state index contributed by atoms with van der Waals surface area (Å²) in [7, 11) is 1.64. The van der Waals surface area contributed by atoms with Gasteiger partial charge in [0, 0.05) is 62.2 Å². The van der Waals surface area contributed by atoms with Crippen LogP contribution in [0.4, 0.5) is 0 Å². The van der Waals surface area contributed by atoms with E-state index in [1.807, 2.05) is 30.3 Å². The third-order valence-corrected chi connectivity index (χ3v) is 10.5. The van der Waals surface area contributed by atoms with Gasteiger partial charge in [0.1, 0.15) is 22.9 Å². The third-order valence-electron chi connectivity index (χ3n) is 10.5. The molecule has 0 unspecified atom stereocenters. The fourth-order valence-electron chi connectivity index (χ4n) is 7.59. The van der Waals surface area contributed by atoms with Crippen molar-refractivity contribution in [3.05, 3.63) is 88.5 Å². The smallest absolute Gasteiger partial charge is 0.307 e. The van der Waals surface area contributed by atoms with E-state index in [0.717, 1.165) is 57.6 Å². The van der Waals surface area contributed by atoms with Crippen LogP contribution in [0.5, 0.6) is 5.88 Å². The topological polar surface area (TPSA) is 152 Å². The van der Waals surface area contributed by atoms with Gasteiger partial charge in [-0.1, -0.05) is 42.5 Å². The summed E-state index contributed by atoms with van der Waals surface area (Å²) in [6.45, 7) is 8.58. The molecule has 3 aromatic heterocycles. The molecule has 0 saturated carbocycles. The molecular formula is C40H42N6O5. The summed E-state index contributed by atoms with van der Waals surface area (Å²) in [5, 5.41) is 38.9. The van der Waals surface area contributed by atoms with E-state index in [9.17, 15) is 20.3 Å². The molecular weight excluding hydrogens is 644 g/mol. The highest BCUT2D eigenvalue weighted by atomic mass is 16.5. The number of aromatic nitrogens is 2. The Hall–Kier alpha value is -5.28. The van der Waals surface area contributed by atoms with E-state index in [1.165, 1.54) is 0 Å². The zero-order chi connectivity index (χ0) is 35.8. The summed E-state index contributed by atoms with van der Waals surface area (Å²) in [5.41, 5.74) is 8.82. The van der Waals surface area contributed by atoms with Gasteiger partial charge >= 0.3 is 5.97 Å². The number of ether oxygens (including phenoxy) is 1. The molecule has 0 radical (unpaired) electrons. The van der Waals surface area contributed by atoms with E-state index >= 15 is 0 Å². The second-order valence-corrected chi connectivity index (χ2v) is 13.7. The first-order valence-corrected chi connectivity index (χ1v) is 17.4. The maximum Gasteiger partial charge on any atom is 0.307 e. The van der Waals surface area contributed by atoms with Gasteiger partial charge in [-0.25, -0.2) is 4.98 Å². The summed E-state index contributed by atoms with van der Waals surface area (Å²) < 4.78 is 13.8. The van der Waals surface area contributed by atoms with Crippen molar-refractivity contribution in [2.24, 2.45) is 5.92 Å². The largest absolute Gasteiger partial charge is 0.481 e. The fourth-order valence-corrected chi connectivity index (χ4v) is 7.59. The number of aliphatic hydroxyl groups excluding tert-OH is 1. The molecule has 2 aliphatic rings. The number of nitrogens with one attached hydrogen (secondary N) is 1. The summed E-state index contributed by atoms with van der Waals surface area (Å²) in [6, 6.07) is 20.5. The van der Waals surface area contributed by atoms with Crippen LogP contribution in [0.3, 0.4) is 0 Å². The maximum atomic E-state index is 11.4. The van der Waals surface area contributed by atoms with Crippen molar-refractivity contribution < 1.29 is 24.2 Å². The number of nitriles is 1. The number of aliphatic carboxylic acids is 1. The first-order valence-electron chi connectivity index (χ1n) is 17.4. The number of carboxylic acid groups (broad SMARTS) is 1. The highest BCUT2D eigenvalue weighted by Crippen LogP contribution is 2.38. The minimum atomic E-state index is -0.772. The number of hydrogen-bond donors (Lipinski definition) is 3. The van der Waals surface area contributed by atoms with Crippen LogP contribution >= 0.6 is 0 Å². The number of benzene rings is 2. The van der Waals surface area contributed by atoms with Gasteiger partial charge in [0.25, 0.3) is 0 Å². The average Bonchev–Trinajstić information content (AvgIpc) is 3.89. The van der Waals surface area contributed by atoms with E-state index in [2.05, 4.69) is 54.0 Å². The molecule has 5 heterocycles. The van der Waals surface area contributed by atoms with Gasteiger partial charge < -0.3 is 28.8 Å². The molecule has 0 aliphatic carbocycles. The van der Waals surface area contributed by atoms with E-state index in [4.69, 9.17) is 19.5 Å². The highest BCUT2D eigenvalue weighted by molar-refractivity contribution is 5.88. The van der Waals surface area contributed by atoms with Crippen molar-refractivity contribution in [2.45, 2.75) is 45.9 Å². The van der Waals surface area contributed by atoms with Gasteiger partial charge in [-0.3, -0.25) is 15.1 Å². The Balaban J connectivity index is 1.19. The fraction of sp³-hybridized carbons (Fsp3) is 0.350. The number of aliphatic hydroxyl groups is 1. The summed E-state index contributed by atoms with van der Waals surface area (Å²) >= 11 is 0. The third kappa shape index (κ3) is 6.66. The van der Waals surface area contributed by atoms with Crippen molar-refractivity contribution in [1.29, 1.82) is 10.7 Å². The number of likely N-dealkylation sites (tertiary alicyclic amines) is 2. The number of carbonyl (C=O) groups is 1. The molecule has 51 heavy (non-hydrogen) atoms. The second kappa shape index (κ2) is 14.2. The SMILES string of the molecule is COc1nc(-c2cccc(-c3cccc(-c4cc5c(=N)n(CCN6CC[C@@H](C(=O)O)C6)cc(C#N)c5o4)c3C)c2C)ccc1CN1CC[C@@H](O)C1. The molecule has 3 N–H and O–H groups in total. The first kappa shape index (κ1) is 34.2.